The number of rotatable bonds is 4. The van der Waals surface area contributed by atoms with Crippen LogP contribution in [-0.2, 0) is 0 Å². The first-order valence-corrected chi connectivity index (χ1v) is 8.60. The van der Waals surface area contributed by atoms with E-state index in [-0.39, 0.29) is 17.8 Å². The zero-order chi connectivity index (χ0) is 15.5. The topological polar surface area (TPSA) is 46.9 Å². The molecule has 1 aromatic heterocycles. The van der Waals surface area contributed by atoms with Gasteiger partial charge < -0.3 is 5.32 Å². The summed E-state index contributed by atoms with van der Waals surface area (Å²) in [6.45, 7) is 0. The van der Waals surface area contributed by atoms with Gasteiger partial charge >= 0.3 is 0 Å². The second kappa shape index (κ2) is 6.52. The number of hydrogen-bond donors (Lipinski definition) is 1. The Bertz CT molecular complexity index is 663. The van der Waals surface area contributed by atoms with Crippen LogP contribution in [0.3, 0.4) is 0 Å². The first kappa shape index (κ1) is 15.1. The number of aromatic nitrogens is 2. The number of thioether (sulfide) groups is 1. The number of imidazole rings is 1. The van der Waals surface area contributed by atoms with E-state index in [2.05, 4.69) is 10.3 Å². The lowest BCUT2D eigenvalue weighted by atomic mass is 10.2. The van der Waals surface area contributed by atoms with Gasteiger partial charge in [-0.05, 0) is 43.4 Å². The molecular weight excluding hydrogens is 301 g/mol. The Morgan fingerprint density at radius 3 is 2.64 bits per heavy atom. The minimum atomic E-state index is -0.300. The van der Waals surface area contributed by atoms with Crippen molar-refractivity contribution in [1.82, 2.24) is 14.9 Å². The third-order valence-electron chi connectivity index (χ3n) is 3.92. The van der Waals surface area contributed by atoms with Crippen molar-refractivity contribution < 1.29 is 9.18 Å². The van der Waals surface area contributed by atoms with E-state index in [1.54, 1.807) is 22.9 Å². The molecule has 2 aromatic rings. The Hall–Kier alpha value is -1.82. The van der Waals surface area contributed by atoms with Crippen LogP contribution in [0.25, 0.3) is 5.69 Å². The highest BCUT2D eigenvalue weighted by atomic mass is 32.2. The molecule has 1 heterocycles. The number of amides is 1. The fourth-order valence-electron chi connectivity index (χ4n) is 2.81. The number of carbonyl (C=O) groups excluding carboxylic acids is 1. The summed E-state index contributed by atoms with van der Waals surface area (Å²) in [5, 5.41) is 3.78. The summed E-state index contributed by atoms with van der Waals surface area (Å²) >= 11 is 1.45. The largest absolute Gasteiger partial charge is 0.348 e. The zero-order valence-electron chi connectivity index (χ0n) is 12.4. The summed E-state index contributed by atoms with van der Waals surface area (Å²) in [6.07, 6.45) is 7.88. The van der Waals surface area contributed by atoms with E-state index in [9.17, 15) is 9.18 Å². The maximum absolute atomic E-state index is 13.1. The number of carbonyl (C=O) groups is 1. The van der Waals surface area contributed by atoms with Crippen LogP contribution in [0.5, 0.6) is 0 Å². The lowest BCUT2D eigenvalue weighted by molar-refractivity contribution is 0.0930. The molecular formula is C16H18FN3OS. The van der Waals surface area contributed by atoms with Gasteiger partial charge in [-0.3, -0.25) is 9.36 Å². The minimum absolute atomic E-state index is 0.121. The van der Waals surface area contributed by atoms with Gasteiger partial charge in [0.25, 0.3) is 5.91 Å². The molecule has 1 aromatic carbocycles. The molecule has 3 rings (SSSR count). The van der Waals surface area contributed by atoms with Gasteiger partial charge in [0, 0.05) is 11.7 Å². The molecule has 6 heteroatoms. The molecule has 0 aliphatic heterocycles. The van der Waals surface area contributed by atoms with E-state index in [0.29, 0.717) is 10.9 Å². The van der Waals surface area contributed by atoms with E-state index >= 15 is 0 Å². The zero-order valence-corrected chi connectivity index (χ0v) is 13.2. The summed E-state index contributed by atoms with van der Waals surface area (Å²) in [6, 6.07) is 6.34. The molecule has 0 spiro atoms. The summed E-state index contributed by atoms with van der Waals surface area (Å²) < 4.78 is 14.9. The van der Waals surface area contributed by atoms with Gasteiger partial charge in [-0.2, -0.15) is 0 Å². The van der Waals surface area contributed by atoms with Crippen LogP contribution in [0.2, 0.25) is 0 Å². The lowest BCUT2D eigenvalue weighted by Crippen LogP contribution is -2.33. The molecule has 1 fully saturated rings. The first-order chi connectivity index (χ1) is 10.7. The summed E-state index contributed by atoms with van der Waals surface area (Å²) in [5.74, 6) is -0.421. The summed E-state index contributed by atoms with van der Waals surface area (Å²) in [4.78, 5) is 16.8. The molecule has 116 valence electrons. The molecule has 1 amide bonds. The van der Waals surface area contributed by atoms with Crippen molar-refractivity contribution in [2.75, 3.05) is 6.26 Å². The van der Waals surface area contributed by atoms with Gasteiger partial charge in [0.2, 0.25) is 0 Å². The fraction of sp³-hybridized carbons (Fsp3) is 0.375. The Balaban J connectivity index is 1.92. The Kier molecular flexibility index (Phi) is 4.47. The van der Waals surface area contributed by atoms with Gasteiger partial charge in [0.1, 0.15) is 11.5 Å². The second-order valence-electron chi connectivity index (χ2n) is 5.40. The molecule has 0 saturated heterocycles. The molecule has 0 unspecified atom stereocenters. The quantitative estimate of drug-likeness (QED) is 0.879. The predicted octanol–water partition coefficient (Wildman–Crippen LogP) is 3.41. The monoisotopic (exact) mass is 319 g/mol. The molecule has 4 nitrogen and oxygen atoms in total. The molecule has 1 aliphatic carbocycles. The molecule has 0 atom stereocenters. The predicted molar refractivity (Wildman–Crippen MR) is 85.0 cm³/mol. The van der Waals surface area contributed by atoms with Crippen LogP contribution in [0.4, 0.5) is 4.39 Å². The van der Waals surface area contributed by atoms with Crippen molar-refractivity contribution in [3.8, 4) is 5.69 Å². The minimum Gasteiger partial charge on any atom is -0.348 e. The van der Waals surface area contributed by atoms with Crippen LogP contribution in [0, 0.1) is 5.82 Å². The fourth-order valence-corrected chi connectivity index (χ4v) is 3.35. The average Bonchev–Trinajstić information content (AvgIpc) is 3.16. The van der Waals surface area contributed by atoms with Crippen molar-refractivity contribution in [1.29, 1.82) is 0 Å². The molecule has 1 N–H and O–H groups in total. The van der Waals surface area contributed by atoms with Gasteiger partial charge in [0.05, 0.1) is 6.20 Å². The highest BCUT2D eigenvalue weighted by Crippen LogP contribution is 2.23. The Morgan fingerprint density at radius 1 is 1.32 bits per heavy atom. The average molecular weight is 319 g/mol. The van der Waals surface area contributed by atoms with Crippen molar-refractivity contribution in [2.45, 2.75) is 36.9 Å². The van der Waals surface area contributed by atoms with E-state index < -0.39 is 0 Å². The van der Waals surface area contributed by atoms with Crippen molar-refractivity contribution in [2.24, 2.45) is 0 Å². The molecule has 0 bridgehead atoms. The van der Waals surface area contributed by atoms with Crippen molar-refractivity contribution in [3.05, 3.63) is 42.0 Å². The van der Waals surface area contributed by atoms with Crippen molar-refractivity contribution >= 4 is 17.7 Å². The van der Waals surface area contributed by atoms with Gasteiger partial charge in [-0.1, -0.05) is 24.6 Å². The Morgan fingerprint density at radius 2 is 2.00 bits per heavy atom. The molecule has 1 saturated carbocycles. The number of halogens is 1. The van der Waals surface area contributed by atoms with Gasteiger partial charge in [-0.15, -0.1) is 0 Å². The molecule has 0 radical (unpaired) electrons. The number of nitrogens with zero attached hydrogens (tertiary/aromatic N) is 2. The lowest BCUT2D eigenvalue weighted by Gasteiger charge is -2.14. The van der Waals surface area contributed by atoms with E-state index in [4.69, 9.17) is 0 Å². The summed E-state index contributed by atoms with van der Waals surface area (Å²) in [7, 11) is 0. The third-order valence-corrected chi connectivity index (χ3v) is 4.57. The first-order valence-electron chi connectivity index (χ1n) is 7.37. The maximum atomic E-state index is 13.1. The van der Waals surface area contributed by atoms with E-state index in [0.717, 1.165) is 31.4 Å². The van der Waals surface area contributed by atoms with Crippen molar-refractivity contribution in [3.63, 3.8) is 0 Å². The van der Waals surface area contributed by atoms with Crippen LogP contribution in [-0.4, -0.2) is 27.8 Å². The van der Waals surface area contributed by atoms with E-state index in [1.165, 1.54) is 23.9 Å². The molecule has 1 aliphatic rings. The SMILES string of the molecule is CSc1ncc(C(=O)NC2CCCC2)n1-c1ccc(F)cc1. The maximum Gasteiger partial charge on any atom is 0.270 e. The normalized spacial score (nSPS) is 15.2. The van der Waals surface area contributed by atoms with Crippen LogP contribution in [0.1, 0.15) is 36.2 Å². The number of hydrogen-bond acceptors (Lipinski definition) is 3. The second-order valence-corrected chi connectivity index (χ2v) is 6.17. The number of nitrogens with one attached hydrogen (secondary N) is 1. The standard InChI is InChI=1S/C16H18FN3OS/c1-22-16-18-10-14(15(21)19-12-4-2-3-5-12)20(16)13-8-6-11(17)7-9-13/h6-10,12H,2-5H2,1H3,(H,19,21). The van der Waals surface area contributed by atoms with E-state index in [1.807, 2.05) is 6.26 Å². The summed E-state index contributed by atoms with van der Waals surface area (Å²) in [5.41, 5.74) is 1.22. The van der Waals surface area contributed by atoms with Gasteiger partial charge in [-0.25, -0.2) is 9.37 Å². The Labute approximate surface area is 133 Å². The third kappa shape index (κ3) is 3.02. The van der Waals surface area contributed by atoms with Gasteiger partial charge in [0.15, 0.2) is 5.16 Å². The van der Waals surface area contributed by atoms with Crippen LogP contribution in [0.15, 0.2) is 35.6 Å². The smallest absolute Gasteiger partial charge is 0.270 e. The highest BCUT2D eigenvalue weighted by molar-refractivity contribution is 7.98. The van der Waals surface area contributed by atoms with Crippen LogP contribution < -0.4 is 5.32 Å². The van der Waals surface area contributed by atoms with Crippen LogP contribution >= 0.6 is 11.8 Å². The number of benzene rings is 1. The highest BCUT2D eigenvalue weighted by Gasteiger charge is 2.22. The molecule has 22 heavy (non-hydrogen) atoms.